The van der Waals surface area contributed by atoms with Crippen LogP contribution in [0, 0.1) is 5.92 Å². The van der Waals surface area contributed by atoms with Gasteiger partial charge in [0.2, 0.25) is 15.9 Å². The molecule has 0 aromatic carbocycles. The zero-order valence-electron chi connectivity index (χ0n) is 11.5. The van der Waals surface area contributed by atoms with E-state index in [1.54, 1.807) is 0 Å². The maximum absolute atomic E-state index is 11.9. The number of rotatable bonds is 5. The van der Waals surface area contributed by atoms with Crippen LogP contribution in [-0.2, 0) is 14.8 Å². The van der Waals surface area contributed by atoms with E-state index in [0.717, 1.165) is 12.8 Å². The van der Waals surface area contributed by atoms with Gasteiger partial charge in [-0.15, -0.1) is 0 Å². The van der Waals surface area contributed by atoms with Crippen molar-refractivity contribution in [3.8, 4) is 0 Å². The molecule has 0 aliphatic carbocycles. The molecule has 0 aromatic heterocycles. The Hall–Kier alpha value is -0.620. The number of sulfonamides is 1. The van der Waals surface area contributed by atoms with Crippen LogP contribution in [0.25, 0.3) is 0 Å². The Morgan fingerprint density at radius 3 is 2.17 bits per heavy atom. The first-order valence-corrected chi connectivity index (χ1v) is 8.48. The summed E-state index contributed by atoms with van der Waals surface area (Å²) in [6.07, 6.45) is 4.35. The van der Waals surface area contributed by atoms with Crippen LogP contribution in [0.4, 0.5) is 0 Å². The van der Waals surface area contributed by atoms with Crippen molar-refractivity contribution in [1.29, 1.82) is 0 Å². The van der Waals surface area contributed by atoms with Crippen LogP contribution in [0.5, 0.6) is 0 Å². The maximum atomic E-state index is 11.9. The van der Waals surface area contributed by atoms with Gasteiger partial charge in [0.25, 0.3) is 0 Å². The van der Waals surface area contributed by atoms with Crippen LogP contribution in [0.1, 0.15) is 39.5 Å². The molecule has 1 heterocycles. The summed E-state index contributed by atoms with van der Waals surface area (Å²) in [5.41, 5.74) is 0. The van der Waals surface area contributed by atoms with Gasteiger partial charge in [-0.25, -0.2) is 12.7 Å². The molecule has 1 fully saturated rings. The van der Waals surface area contributed by atoms with E-state index in [-0.39, 0.29) is 17.9 Å². The van der Waals surface area contributed by atoms with Gasteiger partial charge >= 0.3 is 0 Å². The number of carbonyl (C=O) groups is 1. The van der Waals surface area contributed by atoms with Crippen LogP contribution in [0.3, 0.4) is 0 Å². The molecule has 106 valence electrons. The van der Waals surface area contributed by atoms with Gasteiger partial charge in [0, 0.05) is 25.0 Å². The number of hydrogen-bond acceptors (Lipinski definition) is 3. The maximum Gasteiger partial charge on any atom is 0.223 e. The van der Waals surface area contributed by atoms with Gasteiger partial charge in [-0.1, -0.05) is 13.8 Å². The molecule has 1 saturated heterocycles. The van der Waals surface area contributed by atoms with E-state index in [0.29, 0.717) is 25.9 Å². The van der Waals surface area contributed by atoms with E-state index < -0.39 is 10.0 Å². The normalized spacial score (nSPS) is 19.1. The number of nitrogens with one attached hydrogen (secondary N) is 1. The van der Waals surface area contributed by atoms with Crippen molar-refractivity contribution in [2.75, 3.05) is 19.3 Å². The number of nitrogens with zero attached hydrogens (tertiary/aromatic N) is 1. The third kappa shape index (κ3) is 4.24. The largest absolute Gasteiger partial charge is 0.353 e. The van der Waals surface area contributed by atoms with Crippen LogP contribution in [-0.4, -0.2) is 44.0 Å². The van der Waals surface area contributed by atoms with Crippen molar-refractivity contribution in [2.24, 2.45) is 5.92 Å². The lowest BCUT2D eigenvalue weighted by molar-refractivity contribution is -0.126. The van der Waals surface area contributed by atoms with Crippen molar-refractivity contribution < 1.29 is 13.2 Å². The lowest BCUT2D eigenvalue weighted by Gasteiger charge is -2.31. The first kappa shape index (κ1) is 15.4. The van der Waals surface area contributed by atoms with E-state index in [2.05, 4.69) is 5.32 Å². The zero-order chi connectivity index (χ0) is 13.8. The zero-order valence-corrected chi connectivity index (χ0v) is 12.3. The molecule has 1 aliphatic heterocycles. The molecule has 1 amide bonds. The summed E-state index contributed by atoms with van der Waals surface area (Å²) in [7, 11) is -3.08. The minimum absolute atomic E-state index is 0.0814. The fourth-order valence-electron chi connectivity index (χ4n) is 2.31. The van der Waals surface area contributed by atoms with Crippen LogP contribution < -0.4 is 5.32 Å². The molecule has 1 N–H and O–H groups in total. The predicted octanol–water partition coefficient (Wildman–Crippen LogP) is 0.963. The molecule has 5 nitrogen and oxygen atoms in total. The van der Waals surface area contributed by atoms with Crippen molar-refractivity contribution in [1.82, 2.24) is 9.62 Å². The van der Waals surface area contributed by atoms with E-state index >= 15 is 0 Å². The molecule has 0 aromatic rings. The summed E-state index contributed by atoms with van der Waals surface area (Å²) < 4.78 is 24.2. The summed E-state index contributed by atoms with van der Waals surface area (Å²) >= 11 is 0. The standard InChI is InChI=1S/C12H24N2O3S/c1-4-10(5-2)12(15)13-11-6-8-14(9-7-11)18(3,16)17/h10-11H,4-9H2,1-3H3,(H,13,15). The van der Waals surface area contributed by atoms with Crippen LogP contribution >= 0.6 is 0 Å². The van der Waals surface area contributed by atoms with Crippen molar-refractivity contribution in [2.45, 2.75) is 45.6 Å². The van der Waals surface area contributed by atoms with E-state index in [1.165, 1.54) is 10.6 Å². The van der Waals surface area contributed by atoms with Gasteiger partial charge in [-0.05, 0) is 25.7 Å². The Bertz CT molecular complexity index is 369. The molecule has 0 spiro atoms. The average molecular weight is 276 g/mol. The summed E-state index contributed by atoms with van der Waals surface area (Å²) in [6.45, 7) is 5.04. The highest BCUT2D eigenvalue weighted by atomic mass is 32.2. The SMILES string of the molecule is CCC(CC)C(=O)NC1CCN(S(C)(=O)=O)CC1. The highest BCUT2D eigenvalue weighted by Gasteiger charge is 2.26. The first-order chi connectivity index (χ1) is 8.38. The molecule has 0 atom stereocenters. The second-order valence-electron chi connectivity index (χ2n) is 4.96. The minimum atomic E-state index is -3.08. The first-order valence-electron chi connectivity index (χ1n) is 6.64. The average Bonchev–Trinajstić information content (AvgIpc) is 2.30. The molecule has 0 unspecified atom stereocenters. The lowest BCUT2D eigenvalue weighted by atomic mass is 10.0. The Kier molecular flexibility index (Phi) is 5.59. The number of amides is 1. The number of carbonyl (C=O) groups excluding carboxylic acids is 1. The molecular formula is C12H24N2O3S. The van der Waals surface area contributed by atoms with Crippen molar-refractivity contribution in [3.63, 3.8) is 0 Å². The molecule has 1 rings (SSSR count). The quantitative estimate of drug-likeness (QED) is 0.813. The third-order valence-electron chi connectivity index (χ3n) is 3.63. The summed E-state index contributed by atoms with van der Waals surface area (Å²) in [6, 6.07) is 0.121. The second kappa shape index (κ2) is 6.52. The number of piperidine rings is 1. The predicted molar refractivity (Wildman–Crippen MR) is 71.7 cm³/mol. The van der Waals surface area contributed by atoms with Crippen molar-refractivity contribution in [3.05, 3.63) is 0 Å². The van der Waals surface area contributed by atoms with Gasteiger partial charge in [-0.3, -0.25) is 4.79 Å². The number of hydrogen-bond donors (Lipinski definition) is 1. The summed E-state index contributed by atoms with van der Waals surface area (Å²) in [5.74, 6) is 0.191. The second-order valence-corrected chi connectivity index (χ2v) is 6.94. The molecule has 18 heavy (non-hydrogen) atoms. The topological polar surface area (TPSA) is 66.5 Å². The fourth-order valence-corrected chi connectivity index (χ4v) is 3.18. The third-order valence-corrected chi connectivity index (χ3v) is 4.93. The van der Waals surface area contributed by atoms with Crippen LogP contribution in [0.2, 0.25) is 0 Å². The highest BCUT2D eigenvalue weighted by Crippen LogP contribution is 2.15. The molecular weight excluding hydrogens is 252 g/mol. The van der Waals surface area contributed by atoms with Gasteiger partial charge < -0.3 is 5.32 Å². The van der Waals surface area contributed by atoms with Crippen LogP contribution in [0.15, 0.2) is 0 Å². The van der Waals surface area contributed by atoms with E-state index in [9.17, 15) is 13.2 Å². The fraction of sp³-hybridized carbons (Fsp3) is 0.917. The molecule has 0 saturated carbocycles. The smallest absolute Gasteiger partial charge is 0.223 e. The molecule has 0 radical (unpaired) electrons. The Labute approximate surface area is 110 Å². The Balaban J connectivity index is 2.42. The Morgan fingerprint density at radius 1 is 1.28 bits per heavy atom. The van der Waals surface area contributed by atoms with Gasteiger partial charge in [0.15, 0.2) is 0 Å². The Morgan fingerprint density at radius 2 is 1.78 bits per heavy atom. The van der Waals surface area contributed by atoms with Gasteiger partial charge in [0.05, 0.1) is 6.26 Å². The monoisotopic (exact) mass is 276 g/mol. The minimum Gasteiger partial charge on any atom is -0.353 e. The lowest BCUT2D eigenvalue weighted by Crippen LogP contribution is -2.47. The van der Waals surface area contributed by atoms with Gasteiger partial charge in [-0.2, -0.15) is 0 Å². The van der Waals surface area contributed by atoms with E-state index in [4.69, 9.17) is 0 Å². The van der Waals surface area contributed by atoms with Crippen molar-refractivity contribution >= 4 is 15.9 Å². The summed E-state index contributed by atoms with van der Waals surface area (Å²) in [5, 5.41) is 3.03. The molecule has 6 heteroatoms. The molecule has 1 aliphatic rings. The van der Waals surface area contributed by atoms with E-state index in [1.807, 2.05) is 13.8 Å². The van der Waals surface area contributed by atoms with Gasteiger partial charge in [0.1, 0.15) is 0 Å². The molecule has 0 bridgehead atoms. The highest BCUT2D eigenvalue weighted by molar-refractivity contribution is 7.88. The summed E-state index contributed by atoms with van der Waals surface area (Å²) in [4.78, 5) is 11.9.